The number of methoxy groups -OCH3 is 1. The number of carbonyl (C=O) groups excluding carboxylic acids is 1. The van der Waals surface area contributed by atoms with Crippen LogP contribution < -0.4 is 0 Å². The van der Waals surface area contributed by atoms with E-state index < -0.39 is 12.3 Å². The molecule has 13 heavy (non-hydrogen) atoms. The molecule has 0 bridgehead atoms. The van der Waals surface area contributed by atoms with Gasteiger partial charge in [-0.3, -0.25) is 4.79 Å². The quantitative estimate of drug-likeness (QED) is 0.624. The smallest absolute Gasteiger partial charge is 0.219 e. The van der Waals surface area contributed by atoms with Gasteiger partial charge in [0.25, 0.3) is 0 Å². The number of ether oxygens (including phenoxy) is 1. The lowest BCUT2D eigenvalue weighted by Crippen LogP contribution is -2.27. The maximum Gasteiger partial charge on any atom is 0.219 e. The zero-order valence-corrected chi connectivity index (χ0v) is 8.71. The third-order valence-electron chi connectivity index (χ3n) is 1.95. The number of hydrogen-bond donors (Lipinski definition) is 0. The molecule has 0 radical (unpaired) electrons. The number of carbonyl (C=O) groups is 1. The average molecular weight is 191 g/mol. The first-order valence-electron chi connectivity index (χ1n) is 4.57. The Kier molecular flexibility index (Phi) is 5.62. The molecule has 1 amide bonds. The molecule has 1 fully saturated rings. The Morgan fingerprint density at radius 3 is 2.23 bits per heavy atom. The highest BCUT2D eigenvalue weighted by Gasteiger charge is 2.33. The SMILES string of the molecule is CC.COC1CN(C(C)=O)CC1F. The van der Waals surface area contributed by atoms with Crippen molar-refractivity contribution in [3.05, 3.63) is 0 Å². The minimum absolute atomic E-state index is 0.0906. The Labute approximate surface area is 78.9 Å². The van der Waals surface area contributed by atoms with Crippen molar-refractivity contribution in [2.24, 2.45) is 0 Å². The van der Waals surface area contributed by atoms with Crippen LogP contribution >= 0.6 is 0 Å². The molecule has 2 unspecified atom stereocenters. The highest BCUT2D eigenvalue weighted by molar-refractivity contribution is 5.73. The molecule has 0 aromatic rings. The van der Waals surface area contributed by atoms with Gasteiger partial charge >= 0.3 is 0 Å². The summed E-state index contributed by atoms with van der Waals surface area (Å²) in [6.45, 7) is 5.99. The second kappa shape index (κ2) is 5.91. The van der Waals surface area contributed by atoms with Gasteiger partial charge in [0, 0.05) is 20.6 Å². The molecule has 1 aliphatic heterocycles. The first-order valence-corrected chi connectivity index (χ1v) is 4.57. The molecule has 0 N–H and O–H groups in total. The lowest BCUT2D eigenvalue weighted by atomic mass is 10.3. The van der Waals surface area contributed by atoms with Crippen molar-refractivity contribution in [3.8, 4) is 0 Å². The summed E-state index contributed by atoms with van der Waals surface area (Å²) in [6, 6.07) is 0. The fourth-order valence-electron chi connectivity index (χ4n) is 1.21. The number of rotatable bonds is 1. The first-order chi connectivity index (χ1) is 6.15. The van der Waals surface area contributed by atoms with Crippen LogP contribution in [0.1, 0.15) is 20.8 Å². The van der Waals surface area contributed by atoms with E-state index in [1.807, 2.05) is 13.8 Å². The Hall–Kier alpha value is -0.640. The molecule has 0 aromatic carbocycles. The zero-order valence-electron chi connectivity index (χ0n) is 8.71. The van der Waals surface area contributed by atoms with E-state index in [0.29, 0.717) is 6.54 Å². The minimum atomic E-state index is -1.02. The lowest BCUT2D eigenvalue weighted by Gasteiger charge is -2.11. The Bertz CT molecular complexity index is 164. The van der Waals surface area contributed by atoms with Crippen LogP contribution in [0.3, 0.4) is 0 Å². The second-order valence-electron chi connectivity index (χ2n) is 2.71. The molecule has 4 heteroatoms. The van der Waals surface area contributed by atoms with Gasteiger partial charge in [-0.1, -0.05) is 13.8 Å². The number of alkyl halides is 1. The summed E-state index contributed by atoms with van der Waals surface area (Å²) in [7, 11) is 1.46. The van der Waals surface area contributed by atoms with Crippen LogP contribution in [0.5, 0.6) is 0 Å². The van der Waals surface area contributed by atoms with Gasteiger partial charge in [0.05, 0.1) is 6.54 Å². The number of amides is 1. The van der Waals surface area contributed by atoms with E-state index in [9.17, 15) is 9.18 Å². The van der Waals surface area contributed by atoms with Gasteiger partial charge in [0.15, 0.2) is 0 Å². The van der Waals surface area contributed by atoms with Crippen molar-refractivity contribution in [2.45, 2.75) is 33.0 Å². The normalized spacial score (nSPS) is 26.7. The number of likely N-dealkylation sites (tertiary alicyclic amines) is 1. The summed E-state index contributed by atoms with van der Waals surface area (Å²) in [4.78, 5) is 12.2. The van der Waals surface area contributed by atoms with Crippen molar-refractivity contribution in [1.29, 1.82) is 0 Å². The van der Waals surface area contributed by atoms with Crippen molar-refractivity contribution < 1.29 is 13.9 Å². The van der Waals surface area contributed by atoms with E-state index in [1.54, 1.807) is 0 Å². The summed E-state index contributed by atoms with van der Waals surface area (Å²) in [6.07, 6.45) is -1.46. The molecule has 1 saturated heterocycles. The fraction of sp³-hybridized carbons (Fsp3) is 0.889. The second-order valence-corrected chi connectivity index (χ2v) is 2.71. The fourth-order valence-corrected chi connectivity index (χ4v) is 1.21. The van der Waals surface area contributed by atoms with Crippen LogP contribution in [-0.4, -0.2) is 43.3 Å². The predicted molar refractivity (Wildman–Crippen MR) is 49.3 cm³/mol. The maximum absolute atomic E-state index is 12.9. The van der Waals surface area contributed by atoms with E-state index in [1.165, 1.54) is 18.9 Å². The van der Waals surface area contributed by atoms with Crippen LogP contribution in [0.4, 0.5) is 4.39 Å². The molecule has 2 atom stereocenters. The summed E-state index contributed by atoms with van der Waals surface area (Å²) >= 11 is 0. The van der Waals surface area contributed by atoms with Crippen molar-refractivity contribution in [3.63, 3.8) is 0 Å². The molecule has 78 valence electrons. The average Bonchev–Trinajstić information content (AvgIpc) is 2.50. The molecule has 1 heterocycles. The van der Waals surface area contributed by atoms with Gasteiger partial charge in [-0.05, 0) is 0 Å². The topological polar surface area (TPSA) is 29.5 Å². The molecule has 0 aromatic heterocycles. The largest absolute Gasteiger partial charge is 0.377 e. The number of nitrogens with zero attached hydrogens (tertiary/aromatic N) is 1. The van der Waals surface area contributed by atoms with Crippen LogP contribution in [0.2, 0.25) is 0 Å². The highest BCUT2D eigenvalue weighted by atomic mass is 19.1. The number of halogens is 1. The monoisotopic (exact) mass is 191 g/mol. The van der Waals surface area contributed by atoms with E-state index in [0.717, 1.165) is 0 Å². The molecular formula is C9H18FNO2. The molecular weight excluding hydrogens is 173 g/mol. The van der Waals surface area contributed by atoms with E-state index in [-0.39, 0.29) is 12.5 Å². The highest BCUT2D eigenvalue weighted by Crippen LogP contribution is 2.15. The van der Waals surface area contributed by atoms with E-state index in [4.69, 9.17) is 4.74 Å². The van der Waals surface area contributed by atoms with Crippen LogP contribution in [0.25, 0.3) is 0 Å². The van der Waals surface area contributed by atoms with Crippen LogP contribution in [0.15, 0.2) is 0 Å². The maximum atomic E-state index is 12.9. The van der Waals surface area contributed by atoms with Crippen molar-refractivity contribution >= 4 is 5.91 Å². The molecule has 1 rings (SSSR count). The van der Waals surface area contributed by atoms with Gasteiger partial charge in [-0.2, -0.15) is 0 Å². The molecule has 0 aliphatic carbocycles. The molecule has 0 saturated carbocycles. The van der Waals surface area contributed by atoms with E-state index >= 15 is 0 Å². The van der Waals surface area contributed by atoms with E-state index in [2.05, 4.69) is 0 Å². The Morgan fingerprint density at radius 2 is 2.00 bits per heavy atom. The van der Waals surface area contributed by atoms with Crippen LogP contribution in [-0.2, 0) is 9.53 Å². The van der Waals surface area contributed by atoms with Crippen LogP contribution in [0, 0.1) is 0 Å². The zero-order chi connectivity index (χ0) is 10.4. The van der Waals surface area contributed by atoms with Gasteiger partial charge in [-0.25, -0.2) is 4.39 Å². The third-order valence-corrected chi connectivity index (χ3v) is 1.95. The van der Waals surface area contributed by atoms with Crippen molar-refractivity contribution in [1.82, 2.24) is 4.90 Å². The predicted octanol–water partition coefficient (Wildman–Crippen LogP) is 1.23. The molecule has 0 spiro atoms. The van der Waals surface area contributed by atoms with Gasteiger partial charge in [-0.15, -0.1) is 0 Å². The standard InChI is InChI=1S/C7H12FNO2.C2H6/c1-5(10)9-3-6(8)7(4-9)11-2;1-2/h6-7H,3-4H2,1-2H3;1-2H3. The Morgan fingerprint density at radius 1 is 1.46 bits per heavy atom. The third kappa shape index (κ3) is 3.30. The Balaban J connectivity index is 0.000000671. The summed E-state index contributed by atoms with van der Waals surface area (Å²) in [5, 5.41) is 0. The summed E-state index contributed by atoms with van der Waals surface area (Å²) in [5.41, 5.74) is 0. The lowest BCUT2D eigenvalue weighted by molar-refractivity contribution is -0.128. The van der Waals surface area contributed by atoms with Gasteiger partial charge in [0.1, 0.15) is 12.3 Å². The molecule has 1 aliphatic rings. The number of hydrogen-bond acceptors (Lipinski definition) is 2. The summed E-state index contributed by atoms with van der Waals surface area (Å²) < 4.78 is 17.7. The minimum Gasteiger partial charge on any atom is -0.377 e. The summed E-state index contributed by atoms with van der Waals surface area (Å²) in [5.74, 6) is -0.0906. The first kappa shape index (κ1) is 12.4. The van der Waals surface area contributed by atoms with Crippen molar-refractivity contribution in [2.75, 3.05) is 20.2 Å². The molecule has 3 nitrogen and oxygen atoms in total. The van der Waals surface area contributed by atoms with Gasteiger partial charge in [0.2, 0.25) is 5.91 Å². The van der Waals surface area contributed by atoms with Gasteiger partial charge < -0.3 is 9.64 Å².